The van der Waals surface area contributed by atoms with Gasteiger partial charge in [-0.2, -0.15) is 0 Å². The monoisotopic (exact) mass is 927 g/mol. The minimum absolute atomic E-state index is 0.0485. The van der Waals surface area contributed by atoms with Crippen molar-refractivity contribution >= 4 is 5.97 Å². The third kappa shape index (κ3) is 7.81. The third-order valence-corrected chi connectivity index (χ3v) is 19.3. The molecule has 4 saturated carbocycles. The van der Waals surface area contributed by atoms with Gasteiger partial charge in [0.05, 0.1) is 30.8 Å². The lowest BCUT2D eigenvalue weighted by Gasteiger charge is -2.71. The van der Waals surface area contributed by atoms with Gasteiger partial charge >= 0.3 is 5.97 Å². The Bertz CT molecular complexity index is 1780. The predicted octanol–water partition coefficient (Wildman–Crippen LogP) is 1.17. The Hall–Kier alpha value is -1.39. The highest BCUT2D eigenvalue weighted by atomic mass is 16.7. The highest BCUT2D eigenvalue weighted by Gasteiger charge is 2.70. The first-order valence-corrected chi connectivity index (χ1v) is 24.2. The van der Waals surface area contributed by atoms with Crippen LogP contribution in [0.4, 0.5) is 0 Å². The maximum absolute atomic E-state index is 14.7. The van der Waals surface area contributed by atoms with Crippen LogP contribution in [0.5, 0.6) is 0 Å². The summed E-state index contributed by atoms with van der Waals surface area (Å²) < 4.78 is 35.9. The SMILES string of the molecule is C[C@H]1O[C@H](O[C@@H]2[C@@H](O)[C@H](OC3CC[C@]4(C)[C@H]5CC=C6[C@@H]7CC(C)(C)CC[C@]7(C(=O)O[C@@H]7O[C@H](CO)[C@@H](O)[C@H](O)[C@H]7O)CC[C@@]6(C)[C@]5(C)CC[C@H]4C3(C)C)O[C@H](CO)[C@H]2O)[C@@H](O)[C@@H](O)[C@@H]1O. The topological polar surface area (TPSA) is 275 Å². The van der Waals surface area contributed by atoms with Crippen LogP contribution in [-0.4, -0.2) is 168 Å². The molecule has 3 aliphatic heterocycles. The van der Waals surface area contributed by atoms with Crippen LogP contribution >= 0.6 is 0 Å². The fourth-order valence-electron chi connectivity index (χ4n) is 15.0. The van der Waals surface area contributed by atoms with Crippen molar-refractivity contribution < 1.29 is 84.3 Å². The van der Waals surface area contributed by atoms with Gasteiger partial charge in [0.15, 0.2) is 12.6 Å². The Morgan fingerprint density at radius 1 is 0.646 bits per heavy atom. The highest BCUT2D eigenvalue weighted by molar-refractivity contribution is 5.79. The van der Waals surface area contributed by atoms with Crippen molar-refractivity contribution in [2.24, 2.45) is 50.2 Å². The predicted molar refractivity (Wildman–Crippen MR) is 229 cm³/mol. The maximum Gasteiger partial charge on any atom is 0.315 e. The first-order valence-electron chi connectivity index (χ1n) is 24.2. The molecule has 65 heavy (non-hydrogen) atoms. The summed E-state index contributed by atoms with van der Waals surface area (Å²) in [6, 6.07) is 0. The summed E-state index contributed by atoms with van der Waals surface area (Å²) in [5.41, 5.74) is -0.561. The Morgan fingerprint density at radius 3 is 1.92 bits per heavy atom. The Kier molecular flexibility index (Phi) is 13.4. The van der Waals surface area contributed by atoms with E-state index >= 15 is 0 Å². The van der Waals surface area contributed by atoms with Gasteiger partial charge in [-0.25, -0.2) is 0 Å². The van der Waals surface area contributed by atoms with Crippen molar-refractivity contribution in [1.82, 2.24) is 0 Å². The van der Waals surface area contributed by atoms with E-state index in [0.717, 1.165) is 44.9 Å². The van der Waals surface area contributed by atoms with Crippen LogP contribution in [0, 0.1) is 50.2 Å². The van der Waals surface area contributed by atoms with Gasteiger partial charge in [0.1, 0.15) is 67.1 Å². The molecular formula is C48H78O17. The van der Waals surface area contributed by atoms with E-state index in [4.69, 9.17) is 28.4 Å². The highest BCUT2D eigenvalue weighted by Crippen LogP contribution is 2.76. The molecular weight excluding hydrogens is 849 g/mol. The zero-order valence-electron chi connectivity index (χ0n) is 39.4. The summed E-state index contributed by atoms with van der Waals surface area (Å²) in [6.45, 7) is 16.4. The Morgan fingerprint density at radius 2 is 1.25 bits per heavy atom. The van der Waals surface area contributed by atoms with Crippen molar-refractivity contribution in [3.63, 3.8) is 0 Å². The van der Waals surface area contributed by atoms with E-state index in [1.165, 1.54) is 12.5 Å². The van der Waals surface area contributed by atoms with E-state index in [9.17, 15) is 55.9 Å². The average Bonchev–Trinajstić information content (AvgIpc) is 3.25. The van der Waals surface area contributed by atoms with Crippen molar-refractivity contribution in [1.29, 1.82) is 0 Å². The second-order valence-corrected chi connectivity index (χ2v) is 23.4. The number of ether oxygens (including phenoxy) is 6. The number of hydrogen-bond donors (Lipinski definition) is 10. The number of hydrogen-bond acceptors (Lipinski definition) is 17. The molecule has 5 aliphatic carbocycles. The number of rotatable bonds is 8. The molecule has 0 amide bonds. The first-order chi connectivity index (χ1) is 30.3. The van der Waals surface area contributed by atoms with Gasteiger partial charge in [0.25, 0.3) is 0 Å². The second-order valence-electron chi connectivity index (χ2n) is 23.4. The van der Waals surface area contributed by atoms with Gasteiger partial charge in [0, 0.05) is 0 Å². The molecule has 10 N–H and O–H groups in total. The zero-order valence-corrected chi connectivity index (χ0v) is 39.4. The number of aliphatic hydroxyl groups is 10. The molecule has 0 spiro atoms. The third-order valence-electron chi connectivity index (χ3n) is 19.3. The molecule has 17 heteroatoms. The Labute approximate surface area is 382 Å². The number of aliphatic hydroxyl groups excluding tert-OH is 10. The smallest absolute Gasteiger partial charge is 0.315 e. The van der Waals surface area contributed by atoms with Crippen molar-refractivity contribution in [3.05, 3.63) is 11.6 Å². The summed E-state index contributed by atoms with van der Waals surface area (Å²) in [5, 5.41) is 106. The quantitative estimate of drug-likeness (QED) is 0.0930. The number of carbonyl (C=O) groups excluding carboxylic acids is 1. The van der Waals surface area contributed by atoms with Crippen LogP contribution < -0.4 is 0 Å². The average molecular weight is 927 g/mol. The minimum atomic E-state index is -1.68. The van der Waals surface area contributed by atoms with E-state index in [1.807, 2.05) is 0 Å². The molecule has 17 nitrogen and oxygen atoms in total. The van der Waals surface area contributed by atoms with E-state index in [2.05, 4.69) is 54.5 Å². The maximum atomic E-state index is 14.7. The van der Waals surface area contributed by atoms with Crippen LogP contribution in [0.25, 0.3) is 0 Å². The largest absolute Gasteiger partial charge is 0.432 e. The standard InChI is InChI=1S/C48H78O17/c1-22-30(51)33(54)35(56)39(60-22)64-38-32(53)26(21-50)62-41(37(38)58)63-29-12-13-45(6)27(44(29,4)5)11-14-47(8)28(45)10-9-23-24-19-43(2,3)15-17-48(24,18-16-46(23,47)7)42(59)65-40-36(57)34(55)31(52)25(20-49)61-40/h9,22,24-41,49-58H,10-21H2,1-8H3/t22-,24+,25-,26-,27+,28-,29?,30-,31-,32-,33+,34+,35+,36-,37-,38+,39-,40+,41+,45+,46-,47-,48+/m1/s1. The van der Waals surface area contributed by atoms with E-state index < -0.39 is 128 Å². The van der Waals surface area contributed by atoms with Gasteiger partial charge < -0.3 is 79.5 Å². The Balaban J connectivity index is 1.02. The van der Waals surface area contributed by atoms with Gasteiger partial charge in [-0.15, -0.1) is 0 Å². The lowest BCUT2D eigenvalue weighted by molar-refractivity contribution is -0.367. The van der Waals surface area contributed by atoms with Gasteiger partial charge in [0.2, 0.25) is 6.29 Å². The molecule has 7 fully saturated rings. The molecule has 8 rings (SSSR count). The molecule has 372 valence electrons. The normalized spacial score (nSPS) is 53.9. The van der Waals surface area contributed by atoms with Crippen LogP contribution in [0.3, 0.4) is 0 Å². The van der Waals surface area contributed by atoms with E-state index in [0.29, 0.717) is 19.3 Å². The zero-order chi connectivity index (χ0) is 47.6. The van der Waals surface area contributed by atoms with E-state index in [1.54, 1.807) is 0 Å². The molecule has 0 bridgehead atoms. The lowest BCUT2D eigenvalue weighted by Crippen LogP contribution is -2.67. The summed E-state index contributed by atoms with van der Waals surface area (Å²) in [7, 11) is 0. The summed E-state index contributed by atoms with van der Waals surface area (Å²) in [5.74, 6) is -0.127. The van der Waals surface area contributed by atoms with Crippen molar-refractivity contribution in [3.8, 4) is 0 Å². The number of esters is 1. The lowest BCUT2D eigenvalue weighted by atomic mass is 9.33. The molecule has 0 radical (unpaired) electrons. The number of carbonyl (C=O) groups is 1. The van der Waals surface area contributed by atoms with Crippen LogP contribution in [0.15, 0.2) is 11.6 Å². The van der Waals surface area contributed by atoms with Crippen molar-refractivity contribution in [2.45, 2.75) is 218 Å². The fraction of sp³-hybridized carbons (Fsp3) is 0.938. The summed E-state index contributed by atoms with van der Waals surface area (Å²) >= 11 is 0. The second kappa shape index (κ2) is 17.5. The van der Waals surface area contributed by atoms with Crippen LogP contribution in [0.2, 0.25) is 0 Å². The molecule has 3 saturated heterocycles. The molecule has 0 aromatic rings. The molecule has 3 heterocycles. The molecule has 1 unspecified atom stereocenters. The van der Waals surface area contributed by atoms with Gasteiger partial charge in [-0.3, -0.25) is 4.79 Å². The molecule has 8 aliphatic rings. The molecule has 0 aromatic carbocycles. The fourth-order valence-corrected chi connectivity index (χ4v) is 15.0. The van der Waals surface area contributed by atoms with E-state index in [-0.39, 0.29) is 39.4 Å². The summed E-state index contributed by atoms with van der Waals surface area (Å²) in [4.78, 5) is 14.7. The molecule has 23 atom stereocenters. The summed E-state index contributed by atoms with van der Waals surface area (Å²) in [6.07, 6.45) is -12.1. The van der Waals surface area contributed by atoms with Crippen molar-refractivity contribution in [2.75, 3.05) is 13.2 Å². The van der Waals surface area contributed by atoms with Crippen LogP contribution in [0.1, 0.15) is 120 Å². The first kappa shape index (κ1) is 50.0. The molecule has 0 aromatic heterocycles. The number of allylic oxidation sites excluding steroid dienone is 2. The number of fused-ring (bicyclic) bond motifs is 7. The van der Waals surface area contributed by atoms with Gasteiger partial charge in [-0.1, -0.05) is 60.1 Å². The minimum Gasteiger partial charge on any atom is -0.432 e. The van der Waals surface area contributed by atoms with Gasteiger partial charge in [-0.05, 0) is 116 Å². The van der Waals surface area contributed by atoms with Crippen LogP contribution in [-0.2, 0) is 33.2 Å².